The van der Waals surface area contributed by atoms with Crippen LogP contribution in [0.5, 0.6) is 0 Å². The average Bonchev–Trinajstić information content (AvgIpc) is 3.31. The van der Waals surface area contributed by atoms with Crippen molar-refractivity contribution < 1.29 is 0 Å². The number of halogens is 1. The average molecular weight is 476 g/mol. The summed E-state index contributed by atoms with van der Waals surface area (Å²) in [5.74, 6) is 6.40. The molecule has 0 radical (unpaired) electrons. The predicted molar refractivity (Wildman–Crippen MR) is 150 cm³/mol. The molecular weight excluding hydrogens is 442 g/mol. The van der Waals surface area contributed by atoms with Gasteiger partial charge in [0.15, 0.2) is 0 Å². The fraction of sp³-hybridized carbons (Fsp3) is 0.267. The van der Waals surface area contributed by atoms with Crippen molar-refractivity contribution in [3.05, 3.63) is 94.2 Å². The molecule has 0 saturated heterocycles. The second-order valence-electron chi connectivity index (χ2n) is 8.97. The monoisotopic (exact) mass is 475 g/mol. The van der Waals surface area contributed by atoms with Gasteiger partial charge in [-0.25, -0.2) is 0 Å². The molecule has 1 nitrogen and oxygen atoms in total. The van der Waals surface area contributed by atoms with E-state index in [0.717, 1.165) is 19.6 Å². The molecule has 2 aromatic carbocycles. The van der Waals surface area contributed by atoms with Crippen molar-refractivity contribution >= 4 is 35.9 Å². The van der Waals surface area contributed by atoms with Crippen molar-refractivity contribution in [2.45, 2.75) is 34.2 Å². The lowest BCUT2D eigenvalue weighted by Crippen LogP contribution is -2.22. The smallest absolute Gasteiger partial charge is 0.0237 e. The molecule has 172 valence electrons. The highest BCUT2D eigenvalue weighted by Crippen LogP contribution is 2.23. The van der Waals surface area contributed by atoms with Crippen LogP contribution in [0.4, 0.5) is 0 Å². The molecule has 33 heavy (non-hydrogen) atoms. The minimum Gasteiger partial charge on any atom is -0.296 e. The molecule has 0 aliphatic heterocycles. The van der Waals surface area contributed by atoms with E-state index in [9.17, 15) is 0 Å². The van der Waals surface area contributed by atoms with E-state index in [2.05, 4.69) is 128 Å². The van der Waals surface area contributed by atoms with Crippen LogP contribution in [0.1, 0.15) is 44.4 Å². The summed E-state index contributed by atoms with van der Waals surface area (Å²) in [6.45, 7) is 11.5. The Morgan fingerprint density at radius 1 is 0.939 bits per heavy atom. The summed E-state index contributed by atoms with van der Waals surface area (Å²) < 4.78 is 0. The van der Waals surface area contributed by atoms with Gasteiger partial charge in [-0.05, 0) is 84.1 Å². The Morgan fingerprint density at radius 2 is 1.67 bits per heavy atom. The third-order valence-electron chi connectivity index (χ3n) is 5.03. The van der Waals surface area contributed by atoms with E-state index in [1.165, 1.54) is 27.8 Å². The highest BCUT2D eigenvalue weighted by atomic mass is 35.5. The first-order valence-electron chi connectivity index (χ1n) is 11.2. The van der Waals surface area contributed by atoms with Gasteiger partial charge in [-0.2, -0.15) is 11.3 Å². The summed E-state index contributed by atoms with van der Waals surface area (Å²) >= 11 is 1.73. The van der Waals surface area contributed by atoms with Crippen molar-refractivity contribution in [1.82, 2.24) is 4.90 Å². The van der Waals surface area contributed by atoms with Crippen molar-refractivity contribution in [1.29, 1.82) is 0 Å². The predicted octanol–water partition coefficient (Wildman–Crippen LogP) is 8.43. The van der Waals surface area contributed by atoms with Crippen molar-refractivity contribution in [2.24, 2.45) is 5.41 Å². The maximum Gasteiger partial charge on any atom is 0.0237 e. The Balaban J connectivity index is 0.00000385. The Bertz CT molecular complexity index is 1110. The molecule has 0 spiro atoms. The fourth-order valence-corrected chi connectivity index (χ4v) is 3.99. The normalized spacial score (nSPS) is 11.5. The van der Waals surface area contributed by atoms with Gasteiger partial charge in [-0.15, -0.1) is 12.4 Å². The molecule has 1 heterocycles. The highest BCUT2D eigenvalue weighted by molar-refractivity contribution is 7.08. The van der Waals surface area contributed by atoms with Gasteiger partial charge in [0.1, 0.15) is 0 Å². The fourth-order valence-electron chi connectivity index (χ4n) is 3.32. The number of hydrogen-bond donors (Lipinski definition) is 0. The number of rotatable bonds is 8. The van der Waals surface area contributed by atoms with Crippen molar-refractivity contribution in [3.63, 3.8) is 0 Å². The van der Waals surface area contributed by atoms with Crippen LogP contribution in [-0.4, -0.2) is 18.0 Å². The van der Waals surface area contributed by atoms with Crippen LogP contribution in [0, 0.1) is 17.3 Å². The SMILES string of the molecule is CCN(C/C=C/C#CC(C)(C)C)Cc1cccc(/C=C/c2cccc(-c3ccsc3)c2)c1.Cl. The molecule has 0 atom stereocenters. The van der Waals surface area contributed by atoms with Gasteiger partial charge >= 0.3 is 0 Å². The molecule has 1 aromatic heterocycles. The summed E-state index contributed by atoms with van der Waals surface area (Å²) in [7, 11) is 0. The summed E-state index contributed by atoms with van der Waals surface area (Å²) in [5, 5.41) is 4.32. The van der Waals surface area contributed by atoms with E-state index in [1.807, 2.05) is 6.08 Å². The summed E-state index contributed by atoms with van der Waals surface area (Å²) in [5.41, 5.74) is 6.37. The molecule has 3 aromatic rings. The molecular formula is C30H34ClNS. The Labute approximate surface area is 210 Å². The molecule has 3 heteroatoms. The maximum atomic E-state index is 3.25. The lowest BCUT2D eigenvalue weighted by atomic mass is 9.98. The largest absolute Gasteiger partial charge is 0.296 e. The van der Waals surface area contributed by atoms with Gasteiger partial charge in [-0.1, -0.05) is 79.5 Å². The van der Waals surface area contributed by atoms with Crippen molar-refractivity contribution in [2.75, 3.05) is 13.1 Å². The highest BCUT2D eigenvalue weighted by Gasteiger charge is 2.04. The molecule has 0 unspecified atom stereocenters. The van der Waals surface area contributed by atoms with Crippen LogP contribution in [0.15, 0.2) is 77.5 Å². The third-order valence-corrected chi connectivity index (χ3v) is 5.71. The molecule has 0 amide bonds. The van der Waals surface area contributed by atoms with E-state index in [4.69, 9.17) is 0 Å². The standard InChI is InChI=1S/C30H33NS.ClH/c1-5-31(19-8-6-7-18-30(2,3)4)23-27-13-9-11-25(21-27)15-16-26-12-10-14-28(22-26)29-17-20-32-24-29;/h6,8-17,20-22,24H,5,19,23H2,1-4H3;1H/b8-6+,16-15+;. The van der Waals surface area contributed by atoms with Crippen LogP contribution >= 0.6 is 23.7 Å². The van der Waals surface area contributed by atoms with E-state index in [0.29, 0.717) is 0 Å². The molecule has 0 saturated carbocycles. The molecule has 0 aliphatic carbocycles. The zero-order valence-corrected chi connectivity index (χ0v) is 21.7. The molecule has 0 aliphatic rings. The van der Waals surface area contributed by atoms with Gasteiger partial charge < -0.3 is 0 Å². The van der Waals surface area contributed by atoms with Crippen LogP contribution in [-0.2, 0) is 6.54 Å². The van der Waals surface area contributed by atoms with E-state index in [1.54, 1.807) is 11.3 Å². The van der Waals surface area contributed by atoms with Crippen LogP contribution < -0.4 is 0 Å². The number of likely N-dealkylation sites (N-methyl/N-ethyl adjacent to an activating group) is 1. The number of nitrogens with zero attached hydrogens (tertiary/aromatic N) is 1. The van der Waals surface area contributed by atoms with E-state index < -0.39 is 0 Å². The van der Waals surface area contributed by atoms with Gasteiger partial charge in [-0.3, -0.25) is 4.90 Å². The molecule has 0 N–H and O–H groups in total. The first kappa shape index (κ1) is 26.7. The van der Waals surface area contributed by atoms with Crippen LogP contribution in [0.25, 0.3) is 23.3 Å². The quantitative estimate of drug-likeness (QED) is 0.233. The summed E-state index contributed by atoms with van der Waals surface area (Å²) in [6.07, 6.45) is 8.54. The van der Waals surface area contributed by atoms with Gasteiger partial charge in [0, 0.05) is 18.5 Å². The number of thiophene rings is 1. The number of allylic oxidation sites excluding steroid dienone is 1. The Hall–Kier alpha value is -2.57. The minimum absolute atomic E-state index is 0. The summed E-state index contributed by atoms with van der Waals surface area (Å²) in [4.78, 5) is 2.42. The molecule has 3 rings (SSSR count). The summed E-state index contributed by atoms with van der Waals surface area (Å²) in [6, 6.07) is 19.7. The maximum absolute atomic E-state index is 3.25. The number of hydrogen-bond acceptors (Lipinski definition) is 2. The number of benzene rings is 2. The zero-order valence-electron chi connectivity index (χ0n) is 20.0. The third kappa shape index (κ3) is 9.44. The van der Waals surface area contributed by atoms with E-state index >= 15 is 0 Å². The first-order chi connectivity index (χ1) is 15.4. The zero-order chi connectivity index (χ0) is 22.8. The van der Waals surface area contributed by atoms with Gasteiger partial charge in [0.05, 0.1) is 0 Å². The lowest BCUT2D eigenvalue weighted by molar-refractivity contribution is 0.311. The van der Waals surface area contributed by atoms with Gasteiger partial charge in [0.2, 0.25) is 0 Å². The molecule has 0 bridgehead atoms. The lowest BCUT2D eigenvalue weighted by Gasteiger charge is -2.18. The Kier molecular flexibility index (Phi) is 10.7. The molecule has 0 fully saturated rings. The van der Waals surface area contributed by atoms with E-state index in [-0.39, 0.29) is 17.8 Å². The van der Waals surface area contributed by atoms with Crippen molar-refractivity contribution in [3.8, 4) is 23.0 Å². The first-order valence-corrected chi connectivity index (χ1v) is 12.2. The topological polar surface area (TPSA) is 3.24 Å². The second kappa shape index (κ2) is 13.2. The van der Waals surface area contributed by atoms with Crippen LogP contribution in [0.3, 0.4) is 0 Å². The second-order valence-corrected chi connectivity index (χ2v) is 9.75. The minimum atomic E-state index is 0. The Morgan fingerprint density at radius 3 is 2.33 bits per heavy atom. The van der Waals surface area contributed by atoms with Gasteiger partial charge in [0.25, 0.3) is 0 Å². The van der Waals surface area contributed by atoms with Crippen LogP contribution in [0.2, 0.25) is 0 Å².